The SMILES string of the molecule is COc1ccc(-c2csc(CCCN(C)C)c2)cc1. The minimum atomic E-state index is 0.908. The number of methoxy groups -OCH3 is 1. The van der Waals surface area contributed by atoms with Crippen LogP contribution in [0.4, 0.5) is 0 Å². The van der Waals surface area contributed by atoms with Crippen molar-refractivity contribution in [2.45, 2.75) is 12.8 Å². The first-order valence-electron chi connectivity index (χ1n) is 6.55. The zero-order valence-electron chi connectivity index (χ0n) is 11.8. The summed E-state index contributed by atoms with van der Waals surface area (Å²) in [4.78, 5) is 3.70. The summed E-state index contributed by atoms with van der Waals surface area (Å²) in [7, 11) is 5.94. The lowest BCUT2D eigenvalue weighted by Gasteiger charge is -2.07. The van der Waals surface area contributed by atoms with Gasteiger partial charge in [-0.15, -0.1) is 11.3 Å². The molecule has 0 aliphatic rings. The molecule has 0 spiro atoms. The van der Waals surface area contributed by atoms with Gasteiger partial charge in [-0.1, -0.05) is 12.1 Å². The van der Waals surface area contributed by atoms with Crippen LogP contribution in [0.15, 0.2) is 35.7 Å². The molecule has 2 aromatic rings. The predicted octanol–water partition coefficient (Wildman–Crippen LogP) is 3.92. The number of rotatable bonds is 6. The Hall–Kier alpha value is -1.32. The molecule has 19 heavy (non-hydrogen) atoms. The van der Waals surface area contributed by atoms with Crippen LogP contribution in [-0.2, 0) is 6.42 Å². The van der Waals surface area contributed by atoms with Crippen molar-refractivity contribution in [3.63, 3.8) is 0 Å². The van der Waals surface area contributed by atoms with E-state index in [2.05, 4.69) is 42.6 Å². The highest BCUT2D eigenvalue weighted by atomic mass is 32.1. The van der Waals surface area contributed by atoms with Crippen molar-refractivity contribution in [2.75, 3.05) is 27.7 Å². The third-order valence-electron chi connectivity index (χ3n) is 3.11. The molecule has 3 heteroatoms. The summed E-state index contributed by atoms with van der Waals surface area (Å²) in [5.41, 5.74) is 2.57. The Morgan fingerprint density at radius 3 is 2.47 bits per heavy atom. The van der Waals surface area contributed by atoms with Gasteiger partial charge in [-0.05, 0) is 68.2 Å². The van der Waals surface area contributed by atoms with Crippen LogP contribution in [0.25, 0.3) is 11.1 Å². The first-order valence-corrected chi connectivity index (χ1v) is 7.43. The van der Waals surface area contributed by atoms with Crippen LogP contribution >= 0.6 is 11.3 Å². The van der Waals surface area contributed by atoms with E-state index in [1.807, 2.05) is 23.5 Å². The van der Waals surface area contributed by atoms with Crippen molar-refractivity contribution >= 4 is 11.3 Å². The third-order valence-corrected chi connectivity index (χ3v) is 4.10. The summed E-state index contributed by atoms with van der Waals surface area (Å²) in [6.07, 6.45) is 2.38. The fourth-order valence-corrected chi connectivity index (χ4v) is 2.96. The van der Waals surface area contributed by atoms with Crippen molar-refractivity contribution in [1.29, 1.82) is 0 Å². The van der Waals surface area contributed by atoms with Gasteiger partial charge in [0.15, 0.2) is 0 Å². The monoisotopic (exact) mass is 275 g/mol. The number of aryl methyl sites for hydroxylation is 1. The topological polar surface area (TPSA) is 12.5 Å². The van der Waals surface area contributed by atoms with Crippen LogP contribution in [0.3, 0.4) is 0 Å². The molecule has 102 valence electrons. The second kappa shape index (κ2) is 6.73. The van der Waals surface area contributed by atoms with Gasteiger partial charge < -0.3 is 9.64 Å². The first-order chi connectivity index (χ1) is 9.19. The highest BCUT2D eigenvalue weighted by Gasteiger charge is 2.03. The Labute approximate surface area is 119 Å². The van der Waals surface area contributed by atoms with E-state index < -0.39 is 0 Å². The maximum absolute atomic E-state index is 5.18. The average Bonchev–Trinajstić information content (AvgIpc) is 2.87. The molecule has 0 bridgehead atoms. The first kappa shape index (κ1) is 14.1. The van der Waals surface area contributed by atoms with Crippen molar-refractivity contribution in [3.05, 3.63) is 40.6 Å². The minimum Gasteiger partial charge on any atom is -0.497 e. The van der Waals surface area contributed by atoms with Crippen LogP contribution in [0.1, 0.15) is 11.3 Å². The molecule has 1 heterocycles. The van der Waals surface area contributed by atoms with Gasteiger partial charge in [0.25, 0.3) is 0 Å². The summed E-state index contributed by atoms with van der Waals surface area (Å²) in [6, 6.07) is 10.6. The molecule has 0 fully saturated rings. The molecule has 2 nitrogen and oxygen atoms in total. The van der Waals surface area contributed by atoms with Crippen LogP contribution in [0, 0.1) is 0 Å². The summed E-state index contributed by atoms with van der Waals surface area (Å²) in [5.74, 6) is 0.908. The Balaban J connectivity index is 1.99. The number of ether oxygens (including phenoxy) is 1. The van der Waals surface area contributed by atoms with Gasteiger partial charge >= 0.3 is 0 Å². The molecule has 0 saturated heterocycles. The Bertz CT molecular complexity index is 502. The van der Waals surface area contributed by atoms with Gasteiger partial charge in [0.1, 0.15) is 5.75 Å². The Morgan fingerprint density at radius 1 is 1.11 bits per heavy atom. The molecule has 0 aliphatic carbocycles. The largest absolute Gasteiger partial charge is 0.497 e. The van der Waals surface area contributed by atoms with Crippen molar-refractivity contribution < 1.29 is 4.74 Å². The van der Waals surface area contributed by atoms with E-state index in [1.165, 1.54) is 28.8 Å². The molecule has 0 unspecified atom stereocenters. The number of hydrogen-bond acceptors (Lipinski definition) is 3. The molecular weight excluding hydrogens is 254 g/mol. The summed E-state index contributed by atoms with van der Waals surface area (Å²) < 4.78 is 5.18. The van der Waals surface area contributed by atoms with Crippen LogP contribution < -0.4 is 4.74 Å². The van der Waals surface area contributed by atoms with Gasteiger partial charge in [0.05, 0.1) is 7.11 Å². The number of hydrogen-bond donors (Lipinski definition) is 0. The summed E-state index contributed by atoms with van der Waals surface area (Å²) >= 11 is 1.86. The smallest absolute Gasteiger partial charge is 0.118 e. The highest BCUT2D eigenvalue weighted by Crippen LogP contribution is 2.27. The molecule has 0 atom stereocenters. The average molecular weight is 275 g/mol. The lowest BCUT2D eigenvalue weighted by molar-refractivity contribution is 0.401. The fraction of sp³-hybridized carbons (Fsp3) is 0.375. The van der Waals surface area contributed by atoms with Gasteiger partial charge in [0, 0.05) is 4.88 Å². The zero-order chi connectivity index (χ0) is 13.7. The van der Waals surface area contributed by atoms with Gasteiger partial charge in [-0.3, -0.25) is 0 Å². The lowest BCUT2D eigenvalue weighted by atomic mass is 10.1. The van der Waals surface area contributed by atoms with Crippen LogP contribution in [0.2, 0.25) is 0 Å². The van der Waals surface area contributed by atoms with Crippen molar-refractivity contribution in [3.8, 4) is 16.9 Å². The molecule has 0 amide bonds. The van der Waals surface area contributed by atoms with E-state index in [-0.39, 0.29) is 0 Å². The van der Waals surface area contributed by atoms with Gasteiger partial charge in [-0.2, -0.15) is 0 Å². The number of thiophene rings is 1. The maximum atomic E-state index is 5.18. The normalized spacial score (nSPS) is 10.9. The number of benzene rings is 1. The number of nitrogens with zero attached hydrogens (tertiary/aromatic N) is 1. The molecule has 0 saturated carbocycles. The maximum Gasteiger partial charge on any atom is 0.118 e. The van der Waals surface area contributed by atoms with E-state index in [1.54, 1.807) is 7.11 Å². The highest BCUT2D eigenvalue weighted by molar-refractivity contribution is 7.10. The molecule has 0 radical (unpaired) electrons. The second-order valence-corrected chi connectivity index (χ2v) is 5.93. The molecule has 2 rings (SSSR count). The summed E-state index contributed by atoms with van der Waals surface area (Å²) in [6.45, 7) is 1.15. The van der Waals surface area contributed by atoms with Crippen molar-refractivity contribution in [2.24, 2.45) is 0 Å². The molecule has 0 aliphatic heterocycles. The molecule has 1 aromatic carbocycles. The van der Waals surface area contributed by atoms with Crippen LogP contribution in [-0.4, -0.2) is 32.6 Å². The molecule has 0 N–H and O–H groups in total. The Kier molecular flexibility index (Phi) is 5.00. The molecular formula is C16H21NOS. The van der Waals surface area contributed by atoms with E-state index >= 15 is 0 Å². The second-order valence-electron chi connectivity index (χ2n) is 4.94. The van der Waals surface area contributed by atoms with E-state index in [0.29, 0.717) is 0 Å². The van der Waals surface area contributed by atoms with Crippen LogP contribution in [0.5, 0.6) is 5.75 Å². The molecule has 1 aromatic heterocycles. The van der Waals surface area contributed by atoms with Crippen molar-refractivity contribution in [1.82, 2.24) is 4.90 Å². The Morgan fingerprint density at radius 2 is 1.84 bits per heavy atom. The standard InChI is InChI=1S/C16H21NOS/c1-17(2)10-4-5-16-11-14(12-19-16)13-6-8-15(18-3)9-7-13/h6-9,11-12H,4-5,10H2,1-3H3. The van der Waals surface area contributed by atoms with E-state index in [9.17, 15) is 0 Å². The summed E-state index contributed by atoms with van der Waals surface area (Å²) in [5, 5.41) is 2.24. The predicted molar refractivity (Wildman–Crippen MR) is 83.2 cm³/mol. The zero-order valence-corrected chi connectivity index (χ0v) is 12.7. The van der Waals surface area contributed by atoms with Gasteiger partial charge in [-0.25, -0.2) is 0 Å². The lowest BCUT2D eigenvalue weighted by Crippen LogP contribution is -2.13. The van der Waals surface area contributed by atoms with E-state index in [4.69, 9.17) is 4.74 Å². The van der Waals surface area contributed by atoms with E-state index in [0.717, 1.165) is 12.3 Å². The van der Waals surface area contributed by atoms with Gasteiger partial charge in [0.2, 0.25) is 0 Å². The third kappa shape index (κ3) is 4.08. The minimum absolute atomic E-state index is 0.908. The fourth-order valence-electron chi connectivity index (χ4n) is 2.02. The quantitative estimate of drug-likeness (QED) is 0.792.